The van der Waals surface area contributed by atoms with Crippen molar-refractivity contribution in [1.29, 1.82) is 0 Å². The number of aryl methyl sites for hydroxylation is 1. The number of nitrogens with one attached hydrogen (secondary N) is 1. The van der Waals surface area contributed by atoms with Crippen LogP contribution in [0.5, 0.6) is 5.75 Å². The zero-order valence-corrected chi connectivity index (χ0v) is 14.5. The summed E-state index contributed by atoms with van der Waals surface area (Å²) < 4.78 is 7.05. The number of ether oxygens (including phenoxy) is 1. The average Bonchev–Trinajstić information content (AvgIpc) is 3.31. The molecule has 1 heterocycles. The first kappa shape index (κ1) is 16.5. The SMILES string of the molecule is COc1ccc(C)cc1-n1ccc(C(=O)NCCN(C)C2CC2)n1. The molecule has 2 aromatic rings. The zero-order valence-electron chi connectivity index (χ0n) is 14.5. The molecule has 0 atom stereocenters. The Morgan fingerprint density at radius 1 is 1.42 bits per heavy atom. The predicted octanol–water partition coefficient (Wildman–Crippen LogP) is 2.01. The van der Waals surface area contributed by atoms with Gasteiger partial charge in [-0.05, 0) is 50.6 Å². The second kappa shape index (κ2) is 7.05. The molecule has 0 aliphatic heterocycles. The van der Waals surface area contributed by atoms with E-state index in [-0.39, 0.29) is 5.91 Å². The molecule has 24 heavy (non-hydrogen) atoms. The lowest BCUT2D eigenvalue weighted by molar-refractivity contribution is 0.0944. The molecule has 0 unspecified atom stereocenters. The highest BCUT2D eigenvalue weighted by Gasteiger charge is 2.25. The third kappa shape index (κ3) is 3.76. The lowest BCUT2D eigenvalue weighted by Gasteiger charge is -2.15. The minimum Gasteiger partial charge on any atom is -0.494 e. The summed E-state index contributed by atoms with van der Waals surface area (Å²) in [6, 6.07) is 8.30. The smallest absolute Gasteiger partial charge is 0.271 e. The summed E-state index contributed by atoms with van der Waals surface area (Å²) in [6.45, 7) is 3.51. The number of nitrogens with zero attached hydrogens (tertiary/aromatic N) is 3. The Labute approximate surface area is 142 Å². The van der Waals surface area contributed by atoms with Crippen molar-refractivity contribution in [2.45, 2.75) is 25.8 Å². The molecule has 0 saturated heterocycles. The summed E-state index contributed by atoms with van der Waals surface area (Å²) >= 11 is 0. The highest BCUT2D eigenvalue weighted by Crippen LogP contribution is 2.25. The second-order valence-corrected chi connectivity index (χ2v) is 6.29. The van der Waals surface area contributed by atoms with Gasteiger partial charge in [0, 0.05) is 25.3 Å². The summed E-state index contributed by atoms with van der Waals surface area (Å²) in [4.78, 5) is 14.5. The van der Waals surface area contributed by atoms with Crippen molar-refractivity contribution < 1.29 is 9.53 Å². The monoisotopic (exact) mass is 328 g/mol. The lowest BCUT2D eigenvalue weighted by atomic mass is 10.2. The average molecular weight is 328 g/mol. The van der Waals surface area contributed by atoms with Gasteiger partial charge >= 0.3 is 0 Å². The number of carbonyl (C=O) groups excluding carboxylic acids is 1. The molecule has 1 saturated carbocycles. The van der Waals surface area contributed by atoms with Crippen molar-refractivity contribution >= 4 is 5.91 Å². The molecule has 1 amide bonds. The van der Waals surface area contributed by atoms with Gasteiger partial charge in [0.2, 0.25) is 0 Å². The summed E-state index contributed by atoms with van der Waals surface area (Å²) in [5.74, 6) is 0.575. The van der Waals surface area contributed by atoms with Crippen molar-refractivity contribution in [3.05, 3.63) is 41.7 Å². The van der Waals surface area contributed by atoms with Crippen LogP contribution in [0.1, 0.15) is 28.9 Å². The topological polar surface area (TPSA) is 59.4 Å². The first-order chi connectivity index (χ1) is 11.6. The Hall–Kier alpha value is -2.34. The number of benzene rings is 1. The van der Waals surface area contributed by atoms with Gasteiger partial charge in [0.1, 0.15) is 11.4 Å². The van der Waals surface area contributed by atoms with Crippen molar-refractivity contribution in [2.24, 2.45) is 0 Å². The van der Waals surface area contributed by atoms with E-state index >= 15 is 0 Å². The second-order valence-electron chi connectivity index (χ2n) is 6.29. The quantitative estimate of drug-likeness (QED) is 0.845. The van der Waals surface area contributed by atoms with Gasteiger partial charge in [-0.15, -0.1) is 0 Å². The van der Waals surface area contributed by atoms with Crippen LogP contribution in [-0.4, -0.2) is 53.9 Å². The number of likely N-dealkylation sites (N-methyl/N-ethyl adjacent to an activating group) is 1. The zero-order chi connectivity index (χ0) is 17.1. The summed E-state index contributed by atoms with van der Waals surface area (Å²) in [5.41, 5.74) is 2.34. The van der Waals surface area contributed by atoms with Crippen molar-refractivity contribution in [1.82, 2.24) is 20.0 Å². The van der Waals surface area contributed by atoms with Crippen LogP contribution >= 0.6 is 0 Å². The molecule has 1 aromatic heterocycles. The molecule has 0 radical (unpaired) electrons. The van der Waals surface area contributed by atoms with Crippen LogP contribution in [0, 0.1) is 6.92 Å². The van der Waals surface area contributed by atoms with Crippen LogP contribution < -0.4 is 10.1 Å². The summed E-state index contributed by atoms with van der Waals surface area (Å²) in [7, 11) is 3.73. The first-order valence-corrected chi connectivity index (χ1v) is 8.27. The molecule has 0 spiro atoms. The van der Waals surface area contributed by atoms with Gasteiger partial charge in [-0.3, -0.25) is 4.79 Å². The minimum absolute atomic E-state index is 0.149. The van der Waals surface area contributed by atoms with Crippen LogP contribution in [0.3, 0.4) is 0 Å². The van der Waals surface area contributed by atoms with Crippen LogP contribution in [0.25, 0.3) is 5.69 Å². The highest BCUT2D eigenvalue weighted by molar-refractivity contribution is 5.92. The maximum absolute atomic E-state index is 12.2. The fourth-order valence-electron chi connectivity index (χ4n) is 2.69. The highest BCUT2D eigenvalue weighted by atomic mass is 16.5. The fourth-order valence-corrected chi connectivity index (χ4v) is 2.69. The normalized spacial score (nSPS) is 14.0. The van der Waals surface area contributed by atoms with E-state index in [1.54, 1.807) is 24.1 Å². The van der Waals surface area contributed by atoms with Crippen LogP contribution in [0.15, 0.2) is 30.5 Å². The van der Waals surface area contributed by atoms with Gasteiger partial charge in [-0.25, -0.2) is 4.68 Å². The van der Waals surface area contributed by atoms with Gasteiger partial charge in [-0.2, -0.15) is 5.10 Å². The number of aromatic nitrogens is 2. The Morgan fingerprint density at radius 3 is 2.92 bits per heavy atom. The van der Waals surface area contributed by atoms with E-state index in [1.807, 2.05) is 25.1 Å². The van der Waals surface area contributed by atoms with E-state index in [1.165, 1.54) is 12.8 Å². The minimum atomic E-state index is -0.149. The molecule has 6 heteroatoms. The number of methoxy groups -OCH3 is 1. The lowest BCUT2D eigenvalue weighted by Crippen LogP contribution is -2.34. The molecular weight excluding hydrogens is 304 g/mol. The van der Waals surface area contributed by atoms with Gasteiger partial charge in [0.05, 0.1) is 7.11 Å². The van der Waals surface area contributed by atoms with Crippen LogP contribution in [0.4, 0.5) is 0 Å². The van der Waals surface area contributed by atoms with E-state index in [0.717, 1.165) is 23.5 Å². The van der Waals surface area contributed by atoms with E-state index in [9.17, 15) is 4.79 Å². The number of hydrogen-bond acceptors (Lipinski definition) is 4. The standard InChI is InChI=1S/C18H24N4O2/c1-13-4-7-17(24-3)16(12-13)22-10-8-15(20-22)18(23)19-9-11-21(2)14-5-6-14/h4,7-8,10,12,14H,5-6,9,11H2,1-3H3,(H,19,23). The Bertz CT molecular complexity index is 722. The van der Waals surface area contributed by atoms with E-state index in [2.05, 4.69) is 22.4 Å². The van der Waals surface area contributed by atoms with Crippen molar-refractivity contribution in [2.75, 3.05) is 27.2 Å². The molecule has 3 rings (SSSR count). The summed E-state index contributed by atoms with van der Waals surface area (Å²) in [6.07, 6.45) is 4.32. The largest absolute Gasteiger partial charge is 0.494 e. The van der Waals surface area contributed by atoms with E-state index < -0.39 is 0 Å². The molecule has 1 aromatic carbocycles. The summed E-state index contributed by atoms with van der Waals surface area (Å²) in [5, 5.41) is 7.32. The van der Waals surface area contributed by atoms with Crippen LogP contribution in [0.2, 0.25) is 0 Å². The maximum Gasteiger partial charge on any atom is 0.271 e. The third-order valence-electron chi connectivity index (χ3n) is 4.32. The number of amides is 1. The molecule has 1 N–H and O–H groups in total. The molecule has 1 fully saturated rings. The fraction of sp³-hybridized carbons (Fsp3) is 0.444. The van der Waals surface area contributed by atoms with Gasteiger partial charge in [0.25, 0.3) is 5.91 Å². The van der Waals surface area contributed by atoms with E-state index in [4.69, 9.17) is 4.74 Å². The Kier molecular flexibility index (Phi) is 4.85. The molecule has 0 bridgehead atoms. The third-order valence-corrected chi connectivity index (χ3v) is 4.32. The molecular formula is C18H24N4O2. The molecule has 1 aliphatic carbocycles. The molecule has 1 aliphatic rings. The van der Waals surface area contributed by atoms with Crippen molar-refractivity contribution in [3.8, 4) is 11.4 Å². The molecule has 128 valence electrons. The van der Waals surface area contributed by atoms with Gasteiger partial charge in [-0.1, -0.05) is 6.07 Å². The maximum atomic E-state index is 12.2. The number of rotatable bonds is 7. The molecule has 6 nitrogen and oxygen atoms in total. The van der Waals surface area contributed by atoms with Gasteiger partial charge < -0.3 is 15.0 Å². The predicted molar refractivity (Wildman–Crippen MR) is 92.8 cm³/mol. The van der Waals surface area contributed by atoms with Crippen molar-refractivity contribution in [3.63, 3.8) is 0 Å². The first-order valence-electron chi connectivity index (χ1n) is 8.27. The Morgan fingerprint density at radius 2 is 2.21 bits per heavy atom. The van der Waals surface area contributed by atoms with E-state index in [0.29, 0.717) is 18.3 Å². The Balaban J connectivity index is 1.64. The van der Waals surface area contributed by atoms with Gasteiger partial charge in [0.15, 0.2) is 5.69 Å². The number of carbonyl (C=O) groups is 1. The number of hydrogen-bond donors (Lipinski definition) is 1. The van der Waals surface area contributed by atoms with Crippen LogP contribution in [-0.2, 0) is 0 Å².